The molecule has 0 radical (unpaired) electrons. The molecule has 0 bridgehead atoms. The minimum Gasteiger partial charge on any atom is -0.412 e. The van der Waals surface area contributed by atoms with E-state index in [9.17, 15) is 55.9 Å². The average Bonchev–Trinajstić information content (AvgIpc) is 1.65. The molecule has 10 aliphatic heterocycles. The van der Waals surface area contributed by atoms with Gasteiger partial charge in [-0.25, -0.2) is 25.0 Å². The number of methoxy groups -OCH3 is 1. The number of nitrogens with two attached hydrogens (primary N) is 3. The Bertz CT molecular complexity index is 4650. The summed E-state index contributed by atoms with van der Waals surface area (Å²) < 4.78 is 42.3. The molecule has 0 saturated carbocycles. The first kappa shape index (κ1) is 113. The molecule has 0 spiro atoms. The fraction of sp³-hybridized carbons (Fsp3) is 0.659. The lowest BCUT2D eigenvalue weighted by Crippen LogP contribution is -2.44. The molecule has 17 N–H and O–H groups in total. The quantitative estimate of drug-likeness (QED) is 0.0323. The highest BCUT2D eigenvalue weighted by atomic mass is 31.2. The number of hydrogen-bond acceptors (Lipinski definition) is 32. The molecule has 33 nitrogen and oxygen atoms in total. The Balaban J connectivity index is 0.000000251. The molecule has 0 aliphatic carbocycles. The molecule has 130 heavy (non-hydrogen) atoms. The third-order valence-corrected chi connectivity index (χ3v) is 36.4. The summed E-state index contributed by atoms with van der Waals surface area (Å²) in [6.07, 6.45) is 21.6. The van der Waals surface area contributed by atoms with E-state index in [1.165, 1.54) is 11.8 Å². The highest BCUT2D eigenvalue weighted by molar-refractivity contribution is 7.73. The Morgan fingerprint density at radius 1 is 0.492 bits per heavy atom. The summed E-state index contributed by atoms with van der Waals surface area (Å²) in [5.41, 5.74) is 20.3. The Kier molecular flexibility index (Phi) is 39.7. The predicted molar refractivity (Wildman–Crippen MR) is 548 cm³/mol. The summed E-state index contributed by atoms with van der Waals surface area (Å²) in [4.78, 5) is 43.0. The Hall–Kier alpha value is -5.54. The number of hydrogen-bond donors (Lipinski definition) is 14. The number of aliphatic hydroxyl groups is 10. The second kappa shape index (κ2) is 45.6. The van der Waals surface area contributed by atoms with Gasteiger partial charge < -0.3 is 136 Å². The van der Waals surface area contributed by atoms with Crippen molar-refractivity contribution in [3.05, 3.63) is 121 Å². The summed E-state index contributed by atoms with van der Waals surface area (Å²) in [6, 6.07) is 0. The predicted octanol–water partition coefficient (Wildman–Crippen LogP) is 6.54. The Labute approximate surface area is 776 Å². The SMILES string of the molecule is C=C1N=C(N(C)C)C=CN1[C@@H]1O[C@H](C(C)CP(=C)(C)C)[C@@H](O)[C@H]1OC.C=C1N=C(N)C(C)=CN1[C@@H]1O[C@H](C(C)CP(=C)(C)C)[C@@H](O)[C@H]1O.C=C1N=C(N)C(CO)=CN1[C@@H]1O[C@H](C(C)CP(=C)(C)C)[C@@H](O)[C@H]1O.C=C1N=C(N)C(CO[Si](C)(C)C(C)(C)C)=CN1[C@@H]1O[C@H](C(C)CP(=C)(C)C)[C@@H](O)[C@H]1O.C=C1N=C(NC(C)=O)C(CC)=CN1[C@@H]1O[C@H](C(C)CP(=C)(C)C)[C@@H](O)[C@H]1O. The van der Waals surface area contributed by atoms with Gasteiger partial charge in [0.1, 0.15) is 119 Å². The van der Waals surface area contributed by atoms with Crippen molar-refractivity contribution in [3.63, 3.8) is 0 Å². The molecule has 738 valence electrons. The molecule has 0 aromatic carbocycles. The van der Waals surface area contributed by atoms with Crippen LogP contribution in [-0.2, 0) is 37.6 Å². The van der Waals surface area contributed by atoms with Crippen LogP contribution in [0.1, 0.15) is 82.6 Å². The van der Waals surface area contributed by atoms with Gasteiger partial charge in [0.05, 0.1) is 43.7 Å². The van der Waals surface area contributed by atoms with E-state index in [4.69, 9.17) is 50.0 Å². The highest BCUT2D eigenvalue weighted by Gasteiger charge is 2.54. The molecule has 0 aromatic heterocycles. The molecule has 39 heteroatoms. The number of amidine groups is 5. The first-order valence-electron chi connectivity index (χ1n) is 44.0. The summed E-state index contributed by atoms with van der Waals surface area (Å²) in [6.45, 7) is 61.0. The van der Waals surface area contributed by atoms with Crippen molar-refractivity contribution in [2.24, 2.45) is 71.8 Å². The first-order valence-corrected chi connectivity index (χ1v) is 62.2. The second-order valence-electron chi connectivity index (χ2n) is 41.3. The van der Waals surface area contributed by atoms with Crippen LogP contribution in [0.25, 0.3) is 0 Å². The van der Waals surface area contributed by atoms with Crippen molar-refractivity contribution in [2.75, 3.05) is 132 Å². The fourth-order valence-corrected chi connectivity index (χ4v) is 26.8. The van der Waals surface area contributed by atoms with Crippen molar-refractivity contribution < 1.29 is 88.7 Å². The monoisotopic (exact) mass is 1940 g/mol. The highest BCUT2D eigenvalue weighted by Crippen LogP contribution is 2.48. The number of carbonyl (C=O) groups is 1. The number of aliphatic imine (C=N–C) groups is 5. The molecule has 10 rings (SSSR count). The maximum absolute atomic E-state index is 11.4. The van der Waals surface area contributed by atoms with Gasteiger partial charge in [-0.05, 0) is 165 Å². The third kappa shape index (κ3) is 30.0. The minimum absolute atomic E-state index is 0.0494. The van der Waals surface area contributed by atoms with Crippen LogP contribution in [0, 0.1) is 29.6 Å². The van der Waals surface area contributed by atoms with E-state index in [2.05, 4.69) is 202 Å². The molecule has 10 aliphatic rings. The molecule has 1 amide bonds. The van der Waals surface area contributed by atoms with Crippen LogP contribution in [0.4, 0.5) is 0 Å². The zero-order chi connectivity index (χ0) is 99.1. The standard InChI is InChI=1S/C22H42N3O4PSi.C19H32N3O4P.C18H32N3O3P.C16H28N3O4P.C16H28N3O3P/c1-14(13-30(6,7)8)19-17(26)18(27)21(29-19)25-11-16(20(23)24-15(25)2)12-28-31(9,10)22(3,4)5;1-8-14-9-22(12(3)20-18(14)21-13(4)23)19-16(25)15(24)17(26-19)11(2)10-27(5,6)7;1-12(11-25(6,7)8)16-15(22)17(23-5)18(24-16)21-10-9-14(20(3)4)19-13(21)2;1-9(8-24(3,4)5)14-12(21)13(22)16(23-14)19-6-11(7-20)15(17)18-10(19)2;1-9-7-19(11(3)18-15(9)17)16-13(21)12(20)14(22-16)10(2)8-23(4,5)6/h11,14,17-19,21,26-27H,2,6,12-13H2,1,3-5,7-10H3,(H2,23,24);9,11,15-17,19,24-25H,3,5,8,10H2,1-2,4,6-7H3,(H,20,21,23);9-10,12,15-18,22H,2,6,11H2,1,3-5,7-8H3;6,9,12-14,16,20-22H,2-3,7-8H2,1,4-5H3,(H2,17,18);7,10,12-14,16,20-21H,3-4,8H2,1-2,5-6H3,(H2,17,18)/t14?,17-,18+,19+,21+;11?,15-,16+,17+,19+;12?,15-,16-,17-,18-;9?,12-,13+,14+,16+;10?,12-,13+,14+,16+/m00100/s1. The van der Waals surface area contributed by atoms with Gasteiger partial charge in [0, 0.05) is 81.4 Å². The molecular formula is C91H162N15O18P5Si. The van der Waals surface area contributed by atoms with Gasteiger partial charge in [-0.15, -0.1) is 65.9 Å². The number of amides is 1. The number of aliphatic hydroxyl groups excluding tert-OH is 10. The Morgan fingerprint density at radius 3 is 1.10 bits per heavy atom. The van der Waals surface area contributed by atoms with Crippen LogP contribution >= 0.6 is 34.4 Å². The smallest absolute Gasteiger partial charge is 0.222 e. The number of nitrogens with zero attached hydrogens (tertiary/aromatic N) is 11. The molecule has 25 atom stereocenters. The topological polar surface area (TPSA) is 455 Å². The summed E-state index contributed by atoms with van der Waals surface area (Å²) in [5.74, 6) is 4.41. The van der Waals surface area contributed by atoms with Gasteiger partial charge in [0.25, 0.3) is 0 Å². The largest absolute Gasteiger partial charge is 0.412 e. The lowest BCUT2D eigenvalue weighted by atomic mass is 10.00. The third-order valence-electron chi connectivity index (χ3n) is 24.1. The van der Waals surface area contributed by atoms with Crippen molar-refractivity contribution in [1.29, 1.82) is 0 Å². The van der Waals surface area contributed by atoms with E-state index in [0.717, 1.165) is 47.8 Å². The van der Waals surface area contributed by atoms with Gasteiger partial charge in [-0.3, -0.25) is 4.79 Å². The van der Waals surface area contributed by atoms with Crippen molar-refractivity contribution in [2.45, 2.75) is 223 Å². The van der Waals surface area contributed by atoms with Crippen molar-refractivity contribution >= 4 is 109 Å². The number of ether oxygens (including phenoxy) is 6. The molecule has 0 aromatic rings. The fourth-order valence-electron chi connectivity index (χ4n) is 17.0. The van der Waals surface area contributed by atoms with Gasteiger partial charge in [0.2, 0.25) is 5.91 Å². The van der Waals surface area contributed by atoms with Crippen molar-refractivity contribution in [1.82, 2.24) is 34.7 Å². The number of nitrogens with one attached hydrogen (secondary N) is 1. The normalized spacial score (nSPS) is 31.1. The zero-order valence-electron chi connectivity index (χ0n) is 82.3. The maximum Gasteiger partial charge on any atom is 0.222 e. The molecule has 5 saturated heterocycles. The van der Waals surface area contributed by atoms with Crippen LogP contribution in [0.2, 0.25) is 18.1 Å². The van der Waals surface area contributed by atoms with Crippen LogP contribution in [0.5, 0.6) is 0 Å². The molecular weight excluding hydrogens is 1770 g/mol. The van der Waals surface area contributed by atoms with Gasteiger partial charge in [0.15, 0.2) is 39.5 Å². The van der Waals surface area contributed by atoms with Crippen LogP contribution in [-0.4, -0.2) is 410 Å². The van der Waals surface area contributed by atoms with E-state index in [-0.39, 0.29) is 59.1 Å². The zero-order valence-corrected chi connectivity index (χ0v) is 87.7. The summed E-state index contributed by atoms with van der Waals surface area (Å²) >= 11 is 0. The summed E-state index contributed by atoms with van der Waals surface area (Å²) in [5, 5.41) is 107. The molecule has 5 fully saturated rings. The summed E-state index contributed by atoms with van der Waals surface area (Å²) in [7, 11) is 3.48. The Morgan fingerprint density at radius 2 is 0.792 bits per heavy atom. The number of likely N-dealkylation sites (N-methyl/N-ethyl adjacent to an activating group) is 1. The lowest BCUT2D eigenvalue weighted by molar-refractivity contribution is -0.117. The number of carbonyl (C=O) groups excluding carboxylic acids is 1. The average molecular weight is 1940 g/mol. The van der Waals surface area contributed by atoms with Gasteiger partial charge in [-0.2, -0.15) is 0 Å². The van der Waals surface area contributed by atoms with E-state index in [1.54, 1.807) is 46.6 Å². The van der Waals surface area contributed by atoms with E-state index >= 15 is 0 Å². The van der Waals surface area contributed by atoms with Crippen LogP contribution < -0.4 is 22.5 Å². The van der Waals surface area contributed by atoms with Crippen molar-refractivity contribution in [3.8, 4) is 0 Å². The van der Waals surface area contributed by atoms with Gasteiger partial charge >= 0.3 is 0 Å². The second-order valence-corrected chi connectivity index (χ2v) is 67.3. The first-order chi connectivity index (χ1) is 59.5. The van der Waals surface area contributed by atoms with E-state index < -0.39 is 159 Å². The van der Waals surface area contributed by atoms with Crippen LogP contribution in [0.3, 0.4) is 0 Å². The van der Waals surface area contributed by atoms with Crippen LogP contribution in [0.15, 0.2) is 146 Å². The molecule has 10 heterocycles. The minimum atomic E-state index is -1.98. The number of rotatable bonds is 26. The van der Waals surface area contributed by atoms with Gasteiger partial charge in [-0.1, -0.05) is 95.2 Å². The molecule has 5 unspecified atom stereocenters. The maximum atomic E-state index is 11.4. The van der Waals surface area contributed by atoms with E-state index in [0.29, 0.717) is 70.8 Å². The van der Waals surface area contributed by atoms with E-state index in [1.807, 2.05) is 77.7 Å². The lowest BCUT2D eigenvalue weighted by Gasteiger charge is -2.37.